The van der Waals surface area contributed by atoms with Gasteiger partial charge in [-0.25, -0.2) is 0 Å². The summed E-state index contributed by atoms with van der Waals surface area (Å²) < 4.78 is 0.516. The number of rotatable bonds is 3. The molecule has 0 unspecified atom stereocenters. The van der Waals surface area contributed by atoms with E-state index in [1.54, 1.807) is 11.8 Å². The van der Waals surface area contributed by atoms with Crippen molar-refractivity contribution in [2.75, 3.05) is 0 Å². The number of nitrogens with one attached hydrogen (secondary N) is 1. The zero-order valence-corrected chi connectivity index (χ0v) is 14.3. The van der Waals surface area contributed by atoms with Gasteiger partial charge in [-0.05, 0) is 42.8 Å². The molecule has 1 saturated heterocycles. The zero-order valence-electron chi connectivity index (χ0n) is 11.8. The van der Waals surface area contributed by atoms with Gasteiger partial charge in [0.1, 0.15) is 4.32 Å². The van der Waals surface area contributed by atoms with E-state index in [1.165, 1.54) is 27.1 Å². The van der Waals surface area contributed by atoms with Crippen molar-refractivity contribution >= 4 is 52.0 Å². The second kappa shape index (κ2) is 6.69. The van der Waals surface area contributed by atoms with E-state index in [4.69, 9.17) is 12.2 Å². The Morgan fingerprint density at radius 1 is 1.05 bits per heavy atom. The summed E-state index contributed by atoms with van der Waals surface area (Å²) in [6, 6.07) is 16.6. The summed E-state index contributed by atoms with van der Waals surface area (Å²) in [5, 5.41) is 2.62. The highest BCUT2D eigenvalue weighted by Gasteiger charge is 2.21. The summed E-state index contributed by atoms with van der Waals surface area (Å²) in [6.07, 6.45) is 1.86. The van der Waals surface area contributed by atoms with Crippen LogP contribution in [0.4, 0.5) is 0 Å². The summed E-state index contributed by atoms with van der Waals surface area (Å²) in [4.78, 5) is 14.7. The fourth-order valence-electron chi connectivity index (χ4n) is 1.95. The van der Waals surface area contributed by atoms with E-state index in [-0.39, 0.29) is 5.91 Å². The SMILES string of the molecule is Cc1ccc(Sc2ccc(/C=C3/SC(=S)NC3=O)cc2)cc1. The standard InChI is InChI=1S/C17H13NOS3/c1-11-2-6-13(7-3-11)21-14-8-4-12(5-9-14)10-15-16(19)18-17(20)22-15/h2-10H,1H3,(H,18,19,20)/b15-10+. The van der Waals surface area contributed by atoms with Crippen molar-refractivity contribution in [2.45, 2.75) is 16.7 Å². The van der Waals surface area contributed by atoms with Gasteiger partial charge in [0.15, 0.2) is 0 Å². The minimum Gasteiger partial charge on any atom is -0.307 e. The third kappa shape index (κ3) is 3.80. The van der Waals surface area contributed by atoms with E-state index in [0.717, 1.165) is 5.56 Å². The number of carbonyl (C=O) groups excluding carboxylic acids is 1. The van der Waals surface area contributed by atoms with Crippen LogP contribution in [-0.4, -0.2) is 10.2 Å². The Kier molecular flexibility index (Phi) is 4.66. The van der Waals surface area contributed by atoms with Crippen molar-refractivity contribution in [1.82, 2.24) is 5.32 Å². The van der Waals surface area contributed by atoms with Gasteiger partial charge in [-0.1, -0.05) is 65.6 Å². The Labute approximate surface area is 143 Å². The molecule has 1 N–H and O–H groups in total. The van der Waals surface area contributed by atoms with E-state index in [1.807, 2.05) is 18.2 Å². The van der Waals surface area contributed by atoms with Gasteiger partial charge in [0.2, 0.25) is 0 Å². The molecule has 2 aromatic carbocycles. The largest absolute Gasteiger partial charge is 0.307 e. The molecule has 1 heterocycles. The second-order valence-electron chi connectivity index (χ2n) is 4.84. The van der Waals surface area contributed by atoms with Crippen molar-refractivity contribution in [3.63, 3.8) is 0 Å². The molecule has 0 aliphatic carbocycles. The highest BCUT2D eigenvalue weighted by Crippen LogP contribution is 2.29. The van der Waals surface area contributed by atoms with Gasteiger partial charge >= 0.3 is 0 Å². The lowest BCUT2D eigenvalue weighted by atomic mass is 10.2. The predicted molar refractivity (Wildman–Crippen MR) is 98.1 cm³/mol. The maximum absolute atomic E-state index is 11.6. The Bertz CT molecular complexity index is 748. The van der Waals surface area contributed by atoms with E-state index in [0.29, 0.717) is 9.23 Å². The monoisotopic (exact) mass is 343 g/mol. The molecule has 0 saturated carbocycles. The lowest BCUT2D eigenvalue weighted by Crippen LogP contribution is -2.17. The number of thioether (sulfide) groups is 1. The average Bonchev–Trinajstić information content (AvgIpc) is 2.81. The molecule has 0 aromatic heterocycles. The average molecular weight is 343 g/mol. The smallest absolute Gasteiger partial charge is 0.263 e. The lowest BCUT2D eigenvalue weighted by molar-refractivity contribution is -0.115. The van der Waals surface area contributed by atoms with Crippen molar-refractivity contribution in [3.05, 3.63) is 64.6 Å². The minimum atomic E-state index is -0.117. The van der Waals surface area contributed by atoms with Crippen molar-refractivity contribution < 1.29 is 4.79 Å². The van der Waals surface area contributed by atoms with Crippen LogP contribution in [0.5, 0.6) is 0 Å². The summed E-state index contributed by atoms with van der Waals surface area (Å²) in [5.74, 6) is -0.117. The lowest BCUT2D eigenvalue weighted by Gasteiger charge is -2.03. The van der Waals surface area contributed by atoms with Gasteiger partial charge in [0.05, 0.1) is 4.91 Å². The van der Waals surface area contributed by atoms with E-state index < -0.39 is 0 Å². The van der Waals surface area contributed by atoms with Crippen LogP contribution in [0.2, 0.25) is 0 Å². The molecule has 0 bridgehead atoms. The molecule has 1 fully saturated rings. The van der Waals surface area contributed by atoms with Crippen LogP contribution < -0.4 is 5.32 Å². The highest BCUT2D eigenvalue weighted by atomic mass is 32.2. The summed E-state index contributed by atoms with van der Waals surface area (Å²) in [7, 11) is 0. The molecule has 110 valence electrons. The summed E-state index contributed by atoms with van der Waals surface area (Å²) in [5.41, 5.74) is 2.26. The maximum atomic E-state index is 11.6. The van der Waals surface area contributed by atoms with Crippen molar-refractivity contribution in [2.24, 2.45) is 0 Å². The Hall–Kier alpha value is -1.56. The first-order valence-electron chi connectivity index (χ1n) is 6.69. The summed E-state index contributed by atoms with van der Waals surface area (Å²) >= 11 is 8.01. The molecule has 0 radical (unpaired) electrons. The molecule has 0 atom stereocenters. The quantitative estimate of drug-likeness (QED) is 0.649. The van der Waals surface area contributed by atoms with Crippen LogP contribution in [0.15, 0.2) is 63.2 Å². The van der Waals surface area contributed by atoms with Crippen LogP contribution in [-0.2, 0) is 4.79 Å². The Morgan fingerprint density at radius 3 is 2.18 bits per heavy atom. The first-order chi connectivity index (χ1) is 10.6. The number of thiocarbonyl (C=S) groups is 1. The Morgan fingerprint density at radius 2 is 1.64 bits per heavy atom. The number of amides is 1. The molecule has 5 heteroatoms. The number of hydrogen-bond donors (Lipinski definition) is 1. The molecule has 2 aromatic rings. The third-order valence-corrected chi connectivity index (χ3v) is 5.26. The van der Waals surface area contributed by atoms with Gasteiger partial charge in [-0.15, -0.1) is 0 Å². The van der Waals surface area contributed by atoms with E-state index in [2.05, 4.69) is 48.6 Å². The predicted octanol–water partition coefficient (Wildman–Crippen LogP) is 4.64. The third-order valence-electron chi connectivity index (χ3n) is 3.08. The van der Waals surface area contributed by atoms with Gasteiger partial charge in [0.25, 0.3) is 5.91 Å². The number of benzene rings is 2. The minimum absolute atomic E-state index is 0.117. The first kappa shape index (κ1) is 15.3. The molecule has 0 spiro atoms. The highest BCUT2D eigenvalue weighted by molar-refractivity contribution is 8.26. The van der Waals surface area contributed by atoms with E-state index in [9.17, 15) is 4.79 Å². The number of carbonyl (C=O) groups is 1. The molecule has 1 aliphatic rings. The molecule has 1 aliphatic heterocycles. The first-order valence-corrected chi connectivity index (χ1v) is 8.74. The molecule has 3 rings (SSSR count). The fourth-order valence-corrected chi connectivity index (χ4v) is 3.81. The summed E-state index contributed by atoms with van der Waals surface area (Å²) in [6.45, 7) is 2.08. The van der Waals surface area contributed by atoms with Crippen LogP contribution in [0.25, 0.3) is 6.08 Å². The normalized spacial score (nSPS) is 16.1. The number of hydrogen-bond acceptors (Lipinski definition) is 4. The molecule has 1 amide bonds. The maximum Gasteiger partial charge on any atom is 0.263 e. The molecule has 22 heavy (non-hydrogen) atoms. The van der Waals surface area contributed by atoms with Crippen LogP contribution in [0, 0.1) is 6.92 Å². The molecular formula is C17H13NOS3. The van der Waals surface area contributed by atoms with Crippen molar-refractivity contribution in [1.29, 1.82) is 0 Å². The van der Waals surface area contributed by atoms with Crippen LogP contribution >= 0.6 is 35.7 Å². The second-order valence-corrected chi connectivity index (χ2v) is 7.70. The van der Waals surface area contributed by atoms with Gasteiger partial charge in [-0.2, -0.15) is 0 Å². The van der Waals surface area contributed by atoms with Crippen LogP contribution in [0.3, 0.4) is 0 Å². The van der Waals surface area contributed by atoms with Gasteiger partial charge < -0.3 is 5.32 Å². The van der Waals surface area contributed by atoms with Crippen molar-refractivity contribution in [3.8, 4) is 0 Å². The van der Waals surface area contributed by atoms with Gasteiger partial charge in [-0.3, -0.25) is 4.79 Å². The van der Waals surface area contributed by atoms with Gasteiger partial charge in [0, 0.05) is 9.79 Å². The van der Waals surface area contributed by atoms with E-state index >= 15 is 0 Å². The molecule has 2 nitrogen and oxygen atoms in total. The zero-order chi connectivity index (χ0) is 15.5. The topological polar surface area (TPSA) is 29.1 Å². The number of aryl methyl sites for hydroxylation is 1. The Balaban J connectivity index is 1.73. The fraction of sp³-hybridized carbons (Fsp3) is 0.0588. The molecular weight excluding hydrogens is 330 g/mol. The van der Waals surface area contributed by atoms with Crippen LogP contribution in [0.1, 0.15) is 11.1 Å².